The van der Waals surface area contributed by atoms with E-state index in [0.29, 0.717) is 26.1 Å². The standard InChI is InChI=1S/C16H34N2O5/c1-12(19)9-17-15(16(22)23-4)7-5-6-8-18(10-13(2)20)11-14(3)21/h12-15,17,19-21H,5-11H2,1-4H3. The molecule has 138 valence electrons. The Balaban J connectivity index is 4.20. The van der Waals surface area contributed by atoms with Crippen LogP contribution in [0.1, 0.15) is 40.0 Å². The Labute approximate surface area is 139 Å². The molecule has 4 atom stereocenters. The second-order valence-corrected chi connectivity index (χ2v) is 6.29. The highest BCUT2D eigenvalue weighted by molar-refractivity contribution is 5.75. The third kappa shape index (κ3) is 12.4. The summed E-state index contributed by atoms with van der Waals surface area (Å²) in [5.41, 5.74) is 0. The minimum Gasteiger partial charge on any atom is -0.468 e. The molecule has 0 spiro atoms. The van der Waals surface area contributed by atoms with Gasteiger partial charge in [0.1, 0.15) is 6.04 Å². The quantitative estimate of drug-likeness (QED) is 0.272. The van der Waals surface area contributed by atoms with Crippen molar-refractivity contribution in [2.75, 3.05) is 33.3 Å². The lowest BCUT2D eigenvalue weighted by molar-refractivity contribution is -0.143. The van der Waals surface area contributed by atoms with E-state index in [9.17, 15) is 20.1 Å². The largest absolute Gasteiger partial charge is 0.468 e. The van der Waals surface area contributed by atoms with Gasteiger partial charge in [-0.15, -0.1) is 0 Å². The van der Waals surface area contributed by atoms with E-state index in [1.807, 2.05) is 4.90 Å². The summed E-state index contributed by atoms with van der Waals surface area (Å²) in [7, 11) is 1.35. The first-order valence-corrected chi connectivity index (χ1v) is 8.34. The number of aliphatic hydroxyl groups is 3. The van der Waals surface area contributed by atoms with Gasteiger partial charge in [-0.25, -0.2) is 0 Å². The fourth-order valence-electron chi connectivity index (χ4n) is 2.45. The molecule has 23 heavy (non-hydrogen) atoms. The maximum atomic E-state index is 11.7. The molecular formula is C16H34N2O5. The summed E-state index contributed by atoms with van der Waals surface area (Å²) >= 11 is 0. The summed E-state index contributed by atoms with van der Waals surface area (Å²) in [6.07, 6.45) is 0.881. The third-order valence-electron chi connectivity index (χ3n) is 3.41. The molecule has 7 nitrogen and oxygen atoms in total. The average molecular weight is 334 g/mol. The number of nitrogens with one attached hydrogen (secondary N) is 1. The van der Waals surface area contributed by atoms with Gasteiger partial charge in [0.25, 0.3) is 0 Å². The number of nitrogens with zero attached hydrogens (tertiary/aromatic N) is 1. The molecule has 7 heteroatoms. The van der Waals surface area contributed by atoms with Crippen LogP contribution in [0.2, 0.25) is 0 Å². The van der Waals surface area contributed by atoms with Crippen LogP contribution in [0.25, 0.3) is 0 Å². The van der Waals surface area contributed by atoms with Gasteiger partial charge in [-0.3, -0.25) is 9.69 Å². The summed E-state index contributed by atoms with van der Waals surface area (Å²) < 4.78 is 4.77. The first kappa shape index (κ1) is 22.3. The van der Waals surface area contributed by atoms with E-state index in [2.05, 4.69) is 5.32 Å². The molecule has 0 heterocycles. The summed E-state index contributed by atoms with van der Waals surface area (Å²) in [4.78, 5) is 13.7. The molecule has 0 aliphatic heterocycles. The van der Waals surface area contributed by atoms with E-state index >= 15 is 0 Å². The first-order chi connectivity index (χ1) is 10.8. The summed E-state index contributed by atoms with van der Waals surface area (Å²) in [5, 5.41) is 31.3. The lowest BCUT2D eigenvalue weighted by Gasteiger charge is -2.25. The van der Waals surface area contributed by atoms with Gasteiger partial charge in [0.2, 0.25) is 0 Å². The molecule has 4 N–H and O–H groups in total. The Morgan fingerprint density at radius 3 is 2.04 bits per heavy atom. The predicted octanol–water partition coefficient (Wildman–Crippen LogP) is -0.268. The second-order valence-electron chi connectivity index (χ2n) is 6.29. The predicted molar refractivity (Wildman–Crippen MR) is 89.1 cm³/mol. The Kier molecular flexibility index (Phi) is 12.3. The van der Waals surface area contributed by atoms with Gasteiger partial charge in [-0.1, -0.05) is 6.42 Å². The second kappa shape index (κ2) is 12.7. The molecule has 0 saturated carbocycles. The Morgan fingerprint density at radius 2 is 1.61 bits per heavy atom. The number of carbonyl (C=O) groups is 1. The van der Waals surface area contributed by atoms with Gasteiger partial charge in [-0.05, 0) is 40.2 Å². The molecule has 0 rings (SSSR count). The molecule has 0 aliphatic rings. The van der Waals surface area contributed by atoms with Crippen molar-refractivity contribution in [2.24, 2.45) is 0 Å². The van der Waals surface area contributed by atoms with Gasteiger partial charge in [0.05, 0.1) is 25.4 Å². The van der Waals surface area contributed by atoms with Crippen LogP contribution in [0.5, 0.6) is 0 Å². The number of ether oxygens (including phenoxy) is 1. The van der Waals surface area contributed by atoms with Crippen LogP contribution in [0.15, 0.2) is 0 Å². The fraction of sp³-hybridized carbons (Fsp3) is 0.938. The summed E-state index contributed by atoms with van der Waals surface area (Å²) in [6.45, 7) is 7.24. The molecule has 4 unspecified atom stereocenters. The number of rotatable bonds is 13. The number of hydrogen-bond donors (Lipinski definition) is 4. The third-order valence-corrected chi connectivity index (χ3v) is 3.41. The van der Waals surface area contributed by atoms with Gasteiger partial charge in [0, 0.05) is 19.6 Å². The zero-order chi connectivity index (χ0) is 17.8. The van der Waals surface area contributed by atoms with E-state index in [-0.39, 0.29) is 5.97 Å². The summed E-state index contributed by atoms with van der Waals surface area (Å²) in [5.74, 6) is -0.324. The highest BCUT2D eigenvalue weighted by Crippen LogP contribution is 2.06. The minimum atomic E-state index is -0.519. The lowest BCUT2D eigenvalue weighted by Crippen LogP contribution is -2.41. The average Bonchev–Trinajstić information content (AvgIpc) is 2.43. The smallest absolute Gasteiger partial charge is 0.322 e. The SMILES string of the molecule is COC(=O)C(CCCCN(CC(C)O)CC(C)O)NCC(C)O. The number of unbranched alkanes of at least 4 members (excludes halogenated alkanes) is 1. The molecule has 0 radical (unpaired) electrons. The fourth-order valence-corrected chi connectivity index (χ4v) is 2.45. The van der Waals surface area contributed by atoms with E-state index in [1.54, 1.807) is 20.8 Å². The summed E-state index contributed by atoms with van der Waals surface area (Å²) in [6, 6.07) is -0.420. The number of esters is 1. The van der Waals surface area contributed by atoms with Crippen molar-refractivity contribution in [3.8, 4) is 0 Å². The van der Waals surface area contributed by atoms with E-state index in [0.717, 1.165) is 19.4 Å². The molecule has 0 bridgehead atoms. The van der Waals surface area contributed by atoms with Crippen LogP contribution in [-0.2, 0) is 9.53 Å². The van der Waals surface area contributed by atoms with Crippen LogP contribution < -0.4 is 5.32 Å². The monoisotopic (exact) mass is 334 g/mol. The van der Waals surface area contributed by atoms with E-state index in [4.69, 9.17) is 4.74 Å². The zero-order valence-electron chi connectivity index (χ0n) is 14.9. The van der Waals surface area contributed by atoms with Crippen molar-refractivity contribution in [3.05, 3.63) is 0 Å². The Hall–Kier alpha value is -0.730. The van der Waals surface area contributed by atoms with E-state index < -0.39 is 24.4 Å². The normalized spacial score (nSPS) is 16.9. The molecule has 0 saturated heterocycles. The molecular weight excluding hydrogens is 300 g/mol. The number of methoxy groups -OCH3 is 1. The minimum absolute atomic E-state index is 0.324. The van der Waals surface area contributed by atoms with Gasteiger partial charge in [0.15, 0.2) is 0 Å². The van der Waals surface area contributed by atoms with Crippen molar-refractivity contribution in [2.45, 2.75) is 64.4 Å². The molecule has 0 aliphatic carbocycles. The lowest BCUT2D eigenvalue weighted by atomic mass is 10.1. The molecule has 0 aromatic heterocycles. The highest BCUT2D eigenvalue weighted by atomic mass is 16.5. The maximum absolute atomic E-state index is 11.7. The zero-order valence-corrected chi connectivity index (χ0v) is 14.9. The van der Waals surface area contributed by atoms with Crippen molar-refractivity contribution in [1.82, 2.24) is 10.2 Å². The number of aliphatic hydroxyl groups excluding tert-OH is 3. The van der Waals surface area contributed by atoms with Gasteiger partial charge < -0.3 is 25.4 Å². The van der Waals surface area contributed by atoms with E-state index in [1.165, 1.54) is 7.11 Å². The van der Waals surface area contributed by atoms with Crippen LogP contribution in [0.3, 0.4) is 0 Å². The first-order valence-electron chi connectivity index (χ1n) is 8.34. The topological polar surface area (TPSA) is 102 Å². The van der Waals surface area contributed by atoms with Gasteiger partial charge in [-0.2, -0.15) is 0 Å². The van der Waals surface area contributed by atoms with Crippen LogP contribution in [-0.4, -0.2) is 83.8 Å². The molecule has 0 amide bonds. The maximum Gasteiger partial charge on any atom is 0.322 e. The highest BCUT2D eigenvalue weighted by Gasteiger charge is 2.19. The van der Waals surface area contributed by atoms with Gasteiger partial charge >= 0.3 is 5.97 Å². The van der Waals surface area contributed by atoms with Crippen molar-refractivity contribution in [1.29, 1.82) is 0 Å². The number of hydrogen-bond acceptors (Lipinski definition) is 7. The van der Waals surface area contributed by atoms with Crippen molar-refractivity contribution >= 4 is 5.97 Å². The van der Waals surface area contributed by atoms with Crippen LogP contribution >= 0.6 is 0 Å². The molecule has 0 aromatic rings. The van der Waals surface area contributed by atoms with Crippen LogP contribution in [0.4, 0.5) is 0 Å². The van der Waals surface area contributed by atoms with Crippen LogP contribution in [0, 0.1) is 0 Å². The molecule has 0 aromatic carbocycles. The Morgan fingerprint density at radius 1 is 1.04 bits per heavy atom. The molecule has 0 fully saturated rings. The number of carbonyl (C=O) groups excluding carboxylic acids is 1. The Bertz CT molecular complexity index is 301. The van der Waals surface area contributed by atoms with Crippen molar-refractivity contribution < 1.29 is 24.9 Å². The van der Waals surface area contributed by atoms with Crippen molar-refractivity contribution in [3.63, 3.8) is 0 Å².